The maximum Gasteiger partial charge on any atom is 0.249 e. The molecule has 1 N–H and O–H groups in total. The van der Waals surface area contributed by atoms with E-state index < -0.39 is 17.5 Å². The van der Waals surface area contributed by atoms with Crippen molar-refractivity contribution in [1.82, 2.24) is 5.32 Å². The van der Waals surface area contributed by atoms with Gasteiger partial charge in [0.25, 0.3) is 0 Å². The molecule has 0 bridgehead atoms. The highest BCUT2D eigenvalue weighted by Crippen LogP contribution is 2.38. The number of carbonyl (C=O) groups excluding carboxylic acids is 3. The SMILES string of the molecule is COc1cc(CC(=O)NC2=Cc3ccccc3C(=O)C2=O)cc(OC)c1OC. The molecule has 1 aliphatic rings. The summed E-state index contributed by atoms with van der Waals surface area (Å²) in [5.74, 6) is -0.566. The first-order valence-electron chi connectivity index (χ1n) is 8.47. The van der Waals surface area contributed by atoms with Gasteiger partial charge in [-0.15, -0.1) is 0 Å². The molecule has 0 aromatic heterocycles. The average Bonchev–Trinajstić information content (AvgIpc) is 2.70. The summed E-state index contributed by atoms with van der Waals surface area (Å²) < 4.78 is 15.8. The van der Waals surface area contributed by atoms with Gasteiger partial charge in [-0.25, -0.2) is 0 Å². The summed E-state index contributed by atoms with van der Waals surface area (Å²) in [7, 11) is 4.45. The van der Waals surface area contributed by atoms with E-state index >= 15 is 0 Å². The zero-order valence-corrected chi connectivity index (χ0v) is 15.7. The number of methoxy groups -OCH3 is 3. The van der Waals surface area contributed by atoms with Crippen LogP contribution in [0.5, 0.6) is 17.2 Å². The summed E-state index contributed by atoms with van der Waals surface area (Å²) in [5.41, 5.74) is 1.48. The Balaban J connectivity index is 1.82. The Labute approximate surface area is 161 Å². The molecule has 1 amide bonds. The summed E-state index contributed by atoms with van der Waals surface area (Å²) in [4.78, 5) is 37.0. The van der Waals surface area contributed by atoms with Crippen LogP contribution in [-0.4, -0.2) is 38.8 Å². The first kappa shape index (κ1) is 19.2. The maximum absolute atomic E-state index is 12.5. The van der Waals surface area contributed by atoms with Crippen molar-refractivity contribution in [1.29, 1.82) is 0 Å². The quantitative estimate of drug-likeness (QED) is 0.772. The Kier molecular flexibility index (Phi) is 5.44. The lowest BCUT2D eigenvalue weighted by atomic mass is 9.93. The molecule has 28 heavy (non-hydrogen) atoms. The van der Waals surface area contributed by atoms with Gasteiger partial charge in [0.15, 0.2) is 11.5 Å². The second kappa shape index (κ2) is 7.96. The highest BCUT2D eigenvalue weighted by molar-refractivity contribution is 6.51. The zero-order chi connectivity index (χ0) is 20.3. The standard InChI is InChI=1S/C21H19NO6/c1-26-16-8-12(9-17(27-2)21(16)28-3)10-18(23)22-15-11-13-6-4-5-7-14(13)19(24)20(15)25/h4-9,11H,10H2,1-3H3,(H,22,23). The van der Waals surface area contributed by atoms with Crippen molar-refractivity contribution >= 4 is 23.5 Å². The fourth-order valence-electron chi connectivity index (χ4n) is 3.01. The van der Waals surface area contributed by atoms with Crippen LogP contribution in [0.25, 0.3) is 6.08 Å². The van der Waals surface area contributed by atoms with Crippen LogP contribution in [0.15, 0.2) is 42.1 Å². The molecule has 7 nitrogen and oxygen atoms in total. The third kappa shape index (κ3) is 3.59. The molecule has 0 saturated heterocycles. The van der Waals surface area contributed by atoms with E-state index in [1.165, 1.54) is 27.4 Å². The molecule has 0 radical (unpaired) electrons. The molecule has 2 aromatic rings. The minimum Gasteiger partial charge on any atom is -0.493 e. The number of ketones is 2. The number of benzene rings is 2. The number of ether oxygens (including phenoxy) is 3. The van der Waals surface area contributed by atoms with Gasteiger partial charge in [0.05, 0.1) is 33.4 Å². The van der Waals surface area contributed by atoms with Crippen molar-refractivity contribution < 1.29 is 28.6 Å². The molecule has 0 heterocycles. The van der Waals surface area contributed by atoms with Gasteiger partial charge in [-0.3, -0.25) is 14.4 Å². The highest BCUT2D eigenvalue weighted by atomic mass is 16.5. The molecule has 7 heteroatoms. The first-order valence-corrected chi connectivity index (χ1v) is 8.47. The van der Waals surface area contributed by atoms with Crippen molar-refractivity contribution in [2.24, 2.45) is 0 Å². The zero-order valence-electron chi connectivity index (χ0n) is 15.7. The minimum absolute atomic E-state index is 0.0406. The molecular weight excluding hydrogens is 362 g/mol. The van der Waals surface area contributed by atoms with Crippen LogP contribution in [0, 0.1) is 0 Å². The van der Waals surface area contributed by atoms with Crippen LogP contribution < -0.4 is 19.5 Å². The van der Waals surface area contributed by atoms with Gasteiger partial charge in [-0.2, -0.15) is 0 Å². The van der Waals surface area contributed by atoms with Crippen LogP contribution in [0.3, 0.4) is 0 Å². The van der Waals surface area contributed by atoms with E-state index in [1.54, 1.807) is 36.4 Å². The topological polar surface area (TPSA) is 90.9 Å². The van der Waals surface area contributed by atoms with E-state index in [0.29, 0.717) is 33.9 Å². The second-order valence-corrected chi connectivity index (χ2v) is 6.06. The third-order valence-corrected chi connectivity index (χ3v) is 4.32. The molecule has 0 atom stereocenters. The maximum atomic E-state index is 12.5. The van der Waals surface area contributed by atoms with Gasteiger partial charge in [0.1, 0.15) is 0 Å². The Morgan fingerprint density at radius 3 is 2.18 bits per heavy atom. The predicted octanol–water partition coefficient (Wildman–Crippen LogP) is 2.18. The van der Waals surface area contributed by atoms with E-state index in [1.807, 2.05) is 0 Å². The smallest absolute Gasteiger partial charge is 0.249 e. The van der Waals surface area contributed by atoms with Gasteiger partial charge in [0.2, 0.25) is 23.2 Å². The van der Waals surface area contributed by atoms with Crippen LogP contribution in [0.2, 0.25) is 0 Å². The molecule has 3 rings (SSSR count). The Hall–Kier alpha value is -3.61. The van der Waals surface area contributed by atoms with E-state index in [0.717, 1.165) is 0 Å². The van der Waals surface area contributed by atoms with E-state index in [2.05, 4.69) is 5.32 Å². The molecule has 0 unspecified atom stereocenters. The van der Waals surface area contributed by atoms with Crippen LogP contribution in [0.4, 0.5) is 0 Å². The van der Waals surface area contributed by atoms with Crippen molar-refractivity contribution in [3.05, 3.63) is 58.8 Å². The van der Waals surface area contributed by atoms with Gasteiger partial charge in [0, 0.05) is 5.56 Å². The lowest BCUT2D eigenvalue weighted by molar-refractivity contribution is -0.121. The van der Waals surface area contributed by atoms with Gasteiger partial charge < -0.3 is 19.5 Å². The average molecular weight is 381 g/mol. The molecular formula is C21H19NO6. The van der Waals surface area contributed by atoms with Crippen molar-refractivity contribution in [2.75, 3.05) is 21.3 Å². The molecule has 0 spiro atoms. The normalized spacial score (nSPS) is 12.8. The molecule has 1 aliphatic carbocycles. The molecule has 144 valence electrons. The summed E-state index contributed by atoms with van der Waals surface area (Å²) in [6.07, 6.45) is 1.46. The molecule has 0 saturated carbocycles. The van der Waals surface area contributed by atoms with Gasteiger partial charge >= 0.3 is 0 Å². The highest BCUT2D eigenvalue weighted by Gasteiger charge is 2.28. The summed E-state index contributed by atoms with van der Waals surface area (Å²) in [6, 6.07) is 10.0. The Bertz CT molecular complexity index is 967. The van der Waals surface area contributed by atoms with Crippen LogP contribution >= 0.6 is 0 Å². The Morgan fingerprint density at radius 2 is 1.57 bits per heavy atom. The first-order chi connectivity index (χ1) is 13.5. The van der Waals surface area contributed by atoms with Crippen molar-refractivity contribution in [3.63, 3.8) is 0 Å². The number of amides is 1. The van der Waals surface area contributed by atoms with Crippen molar-refractivity contribution in [2.45, 2.75) is 6.42 Å². The van der Waals surface area contributed by atoms with Gasteiger partial charge in [-0.1, -0.05) is 24.3 Å². The minimum atomic E-state index is -0.739. The molecule has 0 fully saturated rings. The molecule has 2 aromatic carbocycles. The lowest BCUT2D eigenvalue weighted by Gasteiger charge is -2.16. The van der Waals surface area contributed by atoms with E-state index in [9.17, 15) is 14.4 Å². The summed E-state index contributed by atoms with van der Waals surface area (Å²) in [5, 5.41) is 2.53. The summed E-state index contributed by atoms with van der Waals surface area (Å²) in [6.45, 7) is 0. The predicted molar refractivity (Wildman–Crippen MR) is 102 cm³/mol. The molecule has 0 aliphatic heterocycles. The summed E-state index contributed by atoms with van der Waals surface area (Å²) >= 11 is 0. The number of rotatable bonds is 6. The fraction of sp³-hybridized carbons (Fsp3) is 0.190. The number of nitrogens with one attached hydrogen (secondary N) is 1. The lowest BCUT2D eigenvalue weighted by Crippen LogP contribution is -2.34. The number of Topliss-reactive ketones (excluding diaryl/α,β-unsaturated/α-hetero) is 2. The van der Waals surface area contributed by atoms with Crippen molar-refractivity contribution in [3.8, 4) is 17.2 Å². The monoisotopic (exact) mass is 381 g/mol. The van der Waals surface area contributed by atoms with Crippen LogP contribution in [0.1, 0.15) is 21.5 Å². The van der Waals surface area contributed by atoms with Crippen LogP contribution in [-0.2, 0) is 16.0 Å². The number of hydrogen-bond donors (Lipinski definition) is 1. The number of carbonyl (C=O) groups is 3. The third-order valence-electron chi connectivity index (χ3n) is 4.32. The number of hydrogen-bond acceptors (Lipinski definition) is 6. The van der Waals surface area contributed by atoms with E-state index in [4.69, 9.17) is 14.2 Å². The number of allylic oxidation sites excluding steroid dienone is 1. The van der Waals surface area contributed by atoms with E-state index in [-0.39, 0.29) is 12.1 Å². The fourth-order valence-corrected chi connectivity index (χ4v) is 3.01. The second-order valence-electron chi connectivity index (χ2n) is 6.06. The largest absolute Gasteiger partial charge is 0.493 e. The Morgan fingerprint density at radius 1 is 0.929 bits per heavy atom. The number of fused-ring (bicyclic) bond motifs is 1. The van der Waals surface area contributed by atoms with Gasteiger partial charge in [-0.05, 0) is 29.3 Å².